The Labute approximate surface area is 108 Å². The molecule has 1 aromatic rings. The van der Waals surface area contributed by atoms with E-state index in [1.165, 1.54) is 0 Å². The van der Waals surface area contributed by atoms with E-state index in [0.717, 1.165) is 24.2 Å². The number of benzene rings is 1. The first-order valence-corrected chi connectivity index (χ1v) is 6.44. The van der Waals surface area contributed by atoms with Crippen molar-refractivity contribution in [1.29, 1.82) is 0 Å². The van der Waals surface area contributed by atoms with E-state index in [9.17, 15) is 4.79 Å². The zero-order valence-electron chi connectivity index (χ0n) is 10.7. The molecular weight excluding hydrogens is 228 g/mol. The topological polar surface area (TPSA) is 64.3 Å². The highest BCUT2D eigenvalue weighted by Crippen LogP contribution is 2.27. The highest BCUT2D eigenvalue weighted by Gasteiger charge is 2.28. The van der Waals surface area contributed by atoms with Gasteiger partial charge in [0.1, 0.15) is 5.75 Å². The Hall–Kier alpha value is -1.55. The molecule has 1 aromatic carbocycles. The largest absolute Gasteiger partial charge is 0.480 e. The van der Waals surface area contributed by atoms with E-state index >= 15 is 0 Å². The molecule has 0 saturated heterocycles. The van der Waals surface area contributed by atoms with Gasteiger partial charge in [0.05, 0.1) is 0 Å². The van der Waals surface area contributed by atoms with Gasteiger partial charge in [-0.3, -0.25) is 4.79 Å². The first kappa shape index (κ1) is 12.9. The molecule has 0 aromatic heterocycles. The summed E-state index contributed by atoms with van der Waals surface area (Å²) in [7, 11) is 0. The molecule has 1 amide bonds. The lowest BCUT2D eigenvalue weighted by atomic mass is 10.1. The maximum Gasteiger partial charge on any atom is 0.261 e. The number of para-hydroxylation sites is 1. The molecule has 0 radical (unpaired) electrons. The highest BCUT2D eigenvalue weighted by atomic mass is 16.5. The van der Waals surface area contributed by atoms with Crippen molar-refractivity contribution in [1.82, 2.24) is 5.32 Å². The van der Waals surface area contributed by atoms with Gasteiger partial charge in [0.25, 0.3) is 5.91 Å². The summed E-state index contributed by atoms with van der Waals surface area (Å²) in [5, 5.41) is 2.90. The van der Waals surface area contributed by atoms with Crippen LogP contribution < -0.4 is 15.8 Å². The SMILES string of the molecule is CC(N)CCCNC(=O)C1Cc2ccccc2O1. The number of ether oxygens (including phenoxy) is 1. The van der Waals surface area contributed by atoms with Crippen molar-refractivity contribution < 1.29 is 9.53 Å². The summed E-state index contributed by atoms with van der Waals surface area (Å²) in [6, 6.07) is 7.97. The molecule has 0 bridgehead atoms. The maximum atomic E-state index is 11.9. The normalized spacial score (nSPS) is 18.9. The van der Waals surface area contributed by atoms with Crippen LogP contribution in [-0.4, -0.2) is 24.6 Å². The summed E-state index contributed by atoms with van der Waals surface area (Å²) in [5.41, 5.74) is 6.76. The molecule has 4 heteroatoms. The predicted molar refractivity (Wildman–Crippen MR) is 70.5 cm³/mol. The van der Waals surface area contributed by atoms with Gasteiger partial charge < -0.3 is 15.8 Å². The van der Waals surface area contributed by atoms with Gasteiger partial charge in [-0.05, 0) is 31.4 Å². The van der Waals surface area contributed by atoms with Crippen LogP contribution in [0, 0.1) is 0 Å². The monoisotopic (exact) mass is 248 g/mol. The lowest BCUT2D eigenvalue weighted by Gasteiger charge is -2.11. The summed E-state index contributed by atoms with van der Waals surface area (Å²) >= 11 is 0. The molecule has 98 valence electrons. The Balaban J connectivity index is 1.76. The Bertz CT molecular complexity index is 393. The van der Waals surface area contributed by atoms with Crippen molar-refractivity contribution in [3.63, 3.8) is 0 Å². The zero-order valence-corrected chi connectivity index (χ0v) is 10.7. The number of nitrogens with one attached hydrogen (secondary N) is 1. The first-order chi connectivity index (χ1) is 8.66. The third kappa shape index (κ3) is 3.23. The lowest BCUT2D eigenvalue weighted by molar-refractivity contribution is -0.127. The van der Waals surface area contributed by atoms with E-state index in [4.69, 9.17) is 10.5 Å². The van der Waals surface area contributed by atoms with Gasteiger partial charge in [-0.2, -0.15) is 0 Å². The molecule has 2 atom stereocenters. The third-order valence-electron chi connectivity index (χ3n) is 3.08. The molecule has 1 heterocycles. The standard InChI is InChI=1S/C14H20N2O2/c1-10(15)5-4-8-16-14(17)13-9-11-6-2-3-7-12(11)18-13/h2-3,6-7,10,13H,4-5,8-9,15H2,1H3,(H,16,17). The second-order valence-electron chi connectivity index (χ2n) is 4.83. The zero-order chi connectivity index (χ0) is 13.0. The van der Waals surface area contributed by atoms with E-state index < -0.39 is 0 Å². The minimum Gasteiger partial charge on any atom is -0.480 e. The quantitative estimate of drug-likeness (QED) is 0.770. The van der Waals surface area contributed by atoms with Crippen molar-refractivity contribution in [3.8, 4) is 5.75 Å². The van der Waals surface area contributed by atoms with Gasteiger partial charge in [0, 0.05) is 19.0 Å². The van der Waals surface area contributed by atoms with E-state index in [0.29, 0.717) is 13.0 Å². The Morgan fingerprint density at radius 2 is 2.33 bits per heavy atom. The predicted octanol–water partition coefficient (Wildman–Crippen LogP) is 1.23. The van der Waals surface area contributed by atoms with E-state index in [1.54, 1.807) is 0 Å². The maximum absolute atomic E-state index is 11.9. The molecule has 0 saturated carbocycles. The smallest absolute Gasteiger partial charge is 0.261 e. The summed E-state index contributed by atoms with van der Waals surface area (Å²) in [5.74, 6) is 0.795. The molecule has 1 aliphatic rings. The molecule has 0 fully saturated rings. The van der Waals surface area contributed by atoms with Crippen molar-refractivity contribution in [2.24, 2.45) is 5.73 Å². The Kier molecular flexibility index (Phi) is 4.20. The number of rotatable bonds is 5. The molecule has 4 nitrogen and oxygen atoms in total. The molecule has 0 aliphatic carbocycles. The lowest BCUT2D eigenvalue weighted by Crippen LogP contribution is -2.38. The van der Waals surface area contributed by atoms with E-state index in [-0.39, 0.29) is 18.1 Å². The molecular formula is C14H20N2O2. The Morgan fingerprint density at radius 1 is 1.56 bits per heavy atom. The molecule has 18 heavy (non-hydrogen) atoms. The van der Waals surface area contributed by atoms with Crippen LogP contribution >= 0.6 is 0 Å². The number of amides is 1. The molecule has 1 aliphatic heterocycles. The minimum absolute atomic E-state index is 0.0316. The molecule has 2 rings (SSSR count). The van der Waals surface area contributed by atoms with Crippen molar-refractivity contribution in [2.75, 3.05) is 6.54 Å². The number of hydrogen-bond acceptors (Lipinski definition) is 3. The summed E-state index contributed by atoms with van der Waals surface area (Å²) in [6.45, 7) is 2.63. The summed E-state index contributed by atoms with van der Waals surface area (Å²) < 4.78 is 5.61. The number of hydrogen-bond donors (Lipinski definition) is 2. The van der Waals surface area contributed by atoms with Crippen molar-refractivity contribution in [3.05, 3.63) is 29.8 Å². The molecule has 3 N–H and O–H groups in total. The number of nitrogens with two attached hydrogens (primary N) is 1. The van der Waals surface area contributed by atoms with Crippen LogP contribution in [-0.2, 0) is 11.2 Å². The van der Waals surface area contributed by atoms with E-state index in [1.807, 2.05) is 31.2 Å². The highest BCUT2D eigenvalue weighted by molar-refractivity contribution is 5.82. The van der Waals surface area contributed by atoms with Crippen LogP contribution in [0.15, 0.2) is 24.3 Å². The van der Waals surface area contributed by atoms with Crippen LogP contribution in [0.25, 0.3) is 0 Å². The van der Waals surface area contributed by atoms with Gasteiger partial charge in [-0.25, -0.2) is 0 Å². The fourth-order valence-electron chi connectivity index (χ4n) is 2.08. The van der Waals surface area contributed by atoms with Crippen molar-refractivity contribution in [2.45, 2.75) is 38.3 Å². The van der Waals surface area contributed by atoms with Crippen LogP contribution in [0.1, 0.15) is 25.3 Å². The third-order valence-corrected chi connectivity index (χ3v) is 3.08. The summed E-state index contributed by atoms with van der Waals surface area (Å²) in [6.07, 6.45) is 2.11. The van der Waals surface area contributed by atoms with Crippen LogP contribution in [0.5, 0.6) is 5.75 Å². The minimum atomic E-state index is -0.377. The van der Waals surface area contributed by atoms with Gasteiger partial charge in [0.2, 0.25) is 0 Å². The van der Waals surface area contributed by atoms with Gasteiger partial charge in [-0.1, -0.05) is 18.2 Å². The van der Waals surface area contributed by atoms with Gasteiger partial charge in [-0.15, -0.1) is 0 Å². The van der Waals surface area contributed by atoms with Gasteiger partial charge in [0.15, 0.2) is 6.10 Å². The Morgan fingerprint density at radius 3 is 3.06 bits per heavy atom. The number of fused-ring (bicyclic) bond motifs is 1. The second kappa shape index (κ2) is 5.87. The summed E-state index contributed by atoms with van der Waals surface area (Å²) in [4.78, 5) is 11.9. The average molecular weight is 248 g/mol. The van der Waals surface area contributed by atoms with Crippen LogP contribution in [0.2, 0.25) is 0 Å². The first-order valence-electron chi connectivity index (χ1n) is 6.44. The fraction of sp³-hybridized carbons (Fsp3) is 0.500. The number of carbonyl (C=O) groups excluding carboxylic acids is 1. The van der Waals surface area contributed by atoms with Gasteiger partial charge >= 0.3 is 0 Å². The second-order valence-corrected chi connectivity index (χ2v) is 4.83. The molecule has 2 unspecified atom stereocenters. The van der Waals surface area contributed by atoms with E-state index in [2.05, 4.69) is 5.32 Å². The fourth-order valence-corrected chi connectivity index (χ4v) is 2.08. The molecule has 0 spiro atoms. The van der Waals surface area contributed by atoms with Crippen LogP contribution in [0.3, 0.4) is 0 Å². The van der Waals surface area contributed by atoms with Crippen LogP contribution in [0.4, 0.5) is 0 Å². The average Bonchev–Trinajstić information content (AvgIpc) is 2.78. The number of carbonyl (C=O) groups is 1. The van der Waals surface area contributed by atoms with Crippen molar-refractivity contribution >= 4 is 5.91 Å².